The second-order valence-electron chi connectivity index (χ2n) is 14.1. The third-order valence-corrected chi connectivity index (χ3v) is 15.0. The van der Waals surface area contributed by atoms with E-state index in [2.05, 4.69) is 150 Å². The third-order valence-electron chi connectivity index (χ3n) is 11.5. The molecule has 0 bridgehead atoms. The number of rotatable bonds is 0. The monoisotopic (exact) mass is 614 g/mol. The van der Waals surface area contributed by atoms with E-state index in [-0.39, 0.29) is 6.85 Å². The maximum atomic E-state index is 6.95. The summed E-state index contributed by atoms with van der Waals surface area (Å²) in [6.45, 7) is 5.05. The van der Waals surface area contributed by atoms with Crippen molar-refractivity contribution in [2.75, 3.05) is 4.90 Å². The van der Waals surface area contributed by atoms with Crippen LogP contribution in [0.5, 0.6) is 0 Å². The highest BCUT2D eigenvalue weighted by Gasteiger charge is 2.49. The maximum Gasteiger partial charge on any atom is 0.333 e. The average Bonchev–Trinajstić information content (AvgIpc) is 3.64. The van der Waals surface area contributed by atoms with E-state index in [0.717, 1.165) is 11.2 Å². The fourth-order valence-corrected chi connectivity index (χ4v) is 12.5. The van der Waals surface area contributed by atoms with Gasteiger partial charge in [-0.1, -0.05) is 110 Å². The zero-order valence-corrected chi connectivity index (χ0v) is 27.0. The minimum absolute atomic E-state index is 0.00920. The minimum Gasteiger partial charge on any atom is -0.454 e. The molecule has 0 fully saturated rings. The Kier molecular flexibility index (Phi) is 4.23. The van der Waals surface area contributed by atoms with Crippen molar-refractivity contribution in [1.29, 1.82) is 0 Å². The molecule has 0 spiro atoms. The summed E-state index contributed by atoms with van der Waals surface area (Å²) >= 11 is 0. The lowest BCUT2D eigenvalue weighted by Crippen LogP contribution is -2.65. The molecule has 2 aromatic heterocycles. The first kappa shape index (κ1) is 24.7. The highest BCUT2D eigenvalue weighted by atomic mass is 28.3. The van der Waals surface area contributed by atoms with E-state index in [4.69, 9.17) is 4.42 Å². The Morgan fingerprint density at radius 1 is 0.596 bits per heavy atom. The van der Waals surface area contributed by atoms with Crippen LogP contribution in [0.3, 0.4) is 0 Å². The SMILES string of the molecule is C[Si]1(C)c2ccccc2N2c3c(cccc31)B1c3c(cc4c(oc5ccccc54)c32)-c2cccc3c4cc5ccccc5cc4n1c23. The molecule has 0 radical (unpaired) electrons. The molecule has 7 aromatic carbocycles. The smallest absolute Gasteiger partial charge is 0.333 e. The molecule has 218 valence electrons. The van der Waals surface area contributed by atoms with Gasteiger partial charge in [0.1, 0.15) is 13.7 Å². The Hall–Kier alpha value is -5.52. The lowest BCUT2D eigenvalue weighted by Gasteiger charge is -2.47. The Balaban J connectivity index is 1.35. The molecule has 3 aliphatic rings. The quantitative estimate of drug-likeness (QED) is 0.160. The predicted octanol–water partition coefficient (Wildman–Crippen LogP) is 8.40. The molecule has 0 saturated carbocycles. The van der Waals surface area contributed by atoms with E-state index in [1.165, 1.54) is 92.8 Å². The van der Waals surface area contributed by atoms with Crippen LogP contribution < -0.4 is 26.2 Å². The van der Waals surface area contributed by atoms with E-state index >= 15 is 0 Å². The molecule has 47 heavy (non-hydrogen) atoms. The summed E-state index contributed by atoms with van der Waals surface area (Å²) in [4.78, 5) is 2.59. The van der Waals surface area contributed by atoms with Crippen molar-refractivity contribution in [3.8, 4) is 11.1 Å². The van der Waals surface area contributed by atoms with Gasteiger partial charge in [-0.05, 0) is 68.0 Å². The molecule has 0 aliphatic carbocycles. The summed E-state index contributed by atoms with van der Waals surface area (Å²) in [6, 6.07) is 47.8. The van der Waals surface area contributed by atoms with Gasteiger partial charge < -0.3 is 13.8 Å². The van der Waals surface area contributed by atoms with Gasteiger partial charge in [-0.15, -0.1) is 0 Å². The van der Waals surface area contributed by atoms with Gasteiger partial charge in [-0.3, -0.25) is 0 Å². The van der Waals surface area contributed by atoms with Crippen LogP contribution in [0, 0.1) is 0 Å². The zero-order chi connectivity index (χ0) is 30.8. The fourth-order valence-electron chi connectivity index (χ4n) is 9.50. The Morgan fingerprint density at radius 3 is 2.26 bits per heavy atom. The summed E-state index contributed by atoms with van der Waals surface area (Å²) in [7, 11) is -2.04. The van der Waals surface area contributed by atoms with Crippen molar-refractivity contribution >= 4 is 108 Å². The average molecular weight is 615 g/mol. The first-order valence-electron chi connectivity index (χ1n) is 16.6. The summed E-state index contributed by atoms with van der Waals surface area (Å²) < 4.78 is 9.62. The first-order chi connectivity index (χ1) is 23.1. The van der Waals surface area contributed by atoms with Crippen molar-refractivity contribution in [2.45, 2.75) is 13.1 Å². The molecule has 0 atom stereocenters. The Morgan fingerprint density at radius 2 is 1.34 bits per heavy atom. The second kappa shape index (κ2) is 8.06. The van der Waals surface area contributed by atoms with E-state index < -0.39 is 8.07 Å². The summed E-state index contributed by atoms with van der Waals surface area (Å²) in [5.74, 6) is 0. The van der Waals surface area contributed by atoms with Crippen LogP contribution in [0.25, 0.3) is 65.6 Å². The molecule has 12 rings (SSSR count). The largest absolute Gasteiger partial charge is 0.454 e. The Bertz CT molecular complexity index is 2910. The molecule has 5 heterocycles. The van der Waals surface area contributed by atoms with Gasteiger partial charge in [0.05, 0.1) is 5.69 Å². The number of furan rings is 1. The standard InChI is InChI=1S/C42H27BN2OSi/c1-47(2)36-19-8-6-17-33(36)44-40-32(16-10-20-37(40)47)43-38-30(23-31-26-13-5-7-18-35(26)46-42(31)41(38)44)28-15-9-14-27-29-21-24-11-3-4-12-25(24)22-34(29)45(43)39(27)28/h3-23H,1-2H3. The number of hydrogen-bond acceptors (Lipinski definition) is 2. The highest BCUT2D eigenvalue weighted by molar-refractivity contribution is 7.04. The molecule has 5 heteroatoms. The van der Waals surface area contributed by atoms with Gasteiger partial charge in [-0.2, -0.15) is 0 Å². The van der Waals surface area contributed by atoms with Gasteiger partial charge in [0.2, 0.25) is 0 Å². The maximum absolute atomic E-state index is 6.95. The molecule has 3 nitrogen and oxygen atoms in total. The molecule has 0 amide bonds. The van der Waals surface area contributed by atoms with Crippen LogP contribution >= 0.6 is 0 Å². The first-order valence-corrected chi connectivity index (χ1v) is 19.6. The van der Waals surface area contributed by atoms with Crippen LogP contribution in [0.4, 0.5) is 17.1 Å². The Labute approximate surface area is 272 Å². The third kappa shape index (κ3) is 2.76. The van der Waals surface area contributed by atoms with Crippen molar-refractivity contribution < 1.29 is 4.42 Å². The summed E-state index contributed by atoms with van der Waals surface area (Å²) in [5.41, 5.74) is 13.7. The number of fused-ring (bicyclic) bond motifs is 14. The minimum atomic E-state index is -2.04. The highest BCUT2D eigenvalue weighted by Crippen LogP contribution is 2.50. The summed E-state index contributed by atoms with van der Waals surface area (Å²) in [5, 5.41) is 10.5. The number of anilines is 3. The zero-order valence-electron chi connectivity index (χ0n) is 26.0. The van der Waals surface area contributed by atoms with Crippen LogP contribution in [-0.4, -0.2) is 19.4 Å². The number of aromatic nitrogens is 1. The fraction of sp³-hybridized carbons (Fsp3) is 0.0476. The van der Waals surface area contributed by atoms with Gasteiger partial charge >= 0.3 is 6.85 Å². The normalized spacial score (nSPS) is 15.1. The van der Waals surface area contributed by atoms with Gasteiger partial charge in [0.25, 0.3) is 0 Å². The van der Waals surface area contributed by atoms with Gasteiger partial charge in [0, 0.05) is 49.5 Å². The molecule has 0 unspecified atom stereocenters. The predicted molar refractivity (Wildman–Crippen MR) is 202 cm³/mol. The van der Waals surface area contributed by atoms with Crippen molar-refractivity contribution in [2.24, 2.45) is 0 Å². The van der Waals surface area contributed by atoms with Gasteiger partial charge in [0.15, 0.2) is 5.58 Å². The second-order valence-corrected chi connectivity index (χ2v) is 18.4. The van der Waals surface area contributed by atoms with Crippen LogP contribution in [-0.2, 0) is 0 Å². The molecule has 9 aromatic rings. The lowest BCUT2D eigenvalue weighted by atomic mass is 9.45. The number of hydrogen-bond donors (Lipinski definition) is 0. The molecule has 0 N–H and O–H groups in total. The van der Waals surface area contributed by atoms with E-state index in [1.54, 1.807) is 0 Å². The lowest BCUT2D eigenvalue weighted by molar-refractivity contribution is 0.669. The van der Waals surface area contributed by atoms with Crippen molar-refractivity contribution in [3.05, 3.63) is 127 Å². The topological polar surface area (TPSA) is 21.3 Å². The molecule has 0 saturated heterocycles. The molecular formula is C42H27BN2OSi. The number of benzene rings is 7. The van der Waals surface area contributed by atoms with E-state index in [0.29, 0.717) is 0 Å². The van der Waals surface area contributed by atoms with Gasteiger partial charge in [-0.25, -0.2) is 0 Å². The van der Waals surface area contributed by atoms with Crippen LogP contribution in [0.15, 0.2) is 132 Å². The number of para-hydroxylation sites is 4. The van der Waals surface area contributed by atoms with E-state index in [1.807, 2.05) is 0 Å². The molecular weight excluding hydrogens is 587 g/mol. The summed E-state index contributed by atoms with van der Waals surface area (Å²) in [6.07, 6.45) is 0. The number of nitrogens with zero attached hydrogens (tertiary/aromatic N) is 2. The van der Waals surface area contributed by atoms with Crippen molar-refractivity contribution in [3.63, 3.8) is 0 Å². The van der Waals surface area contributed by atoms with Crippen LogP contribution in [0.1, 0.15) is 0 Å². The van der Waals surface area contributed by atoms with E-state index in [9.17, 15) is 0 Å². The molecule has 3 aliphatic heterocycles. The van der Waals surface area contributed by atoms with Crippen molar-refractivity contribution in [1.82, 2.24) is 4.48 Å². The van der Waals surface area contributed by atoms with Crippen LogP contribution in [0.2, 0.25) is 13.1 Å².